The quantitative estimate of drug-likeness (QED) is 0.818. The summed E-state index contributed by atoms with van der Waals surface area (Å²) in [6, 6.07) is 9.44. The molecule has 0 spiro atoms. The summed E-state index contributed by atoms with van der Waals surface area (Å²) in [5.74, 6) is 0.184. The summed E-state index contributed by atoms with van der Waals surface area (Å²) < 4.78 is 0. The van der Waals surface area contributed by atoms with Crippen LogP contribution < -0.4 is 5.32 Å². The van der Waals surface area contributed by atoms with Gasteiger partial charge in [-0.25, -0.2) is 4.79 Å². The number of rotatable bonds is 6. The molecule has 1 aromatic rings. The standard InChI is InChI=1S/C17H25N3O2/c1-2-9-18-17(22)20-13-11-19(12-14-20)10-8-16(21)15-6-4-3-5-7-15/h3-7H,2,8-14H2,1H3,(H,18,22). The van der Waals surface area contributed by atoms with Gasteiger partial charge in [0, 0.05) is 51.3 Å². The molecule has 1 saturated heterocycles. The maximum Gasteiger partial charge on any atom is 0.317 e. The maximum atomic E-state index is 12.1. The van der Waals surface area contributed by atoms with E-state index in [-0.39, 0.29) is 11.8 Å². The Morgan fingerprint density at radius 2 is 1.77 bits per heavy atom. The number of nitrogens with zero attached hydrogens (tertiary/aromatic N) is 2. The fourth-order valence-electron chi connectivity index (χ4n) is 2.55. The number of hydrogen-bond donors (Lipinski definition) is 1. The summed E-state index contributed by atoms with van der Waals surface area (Å²) >= 11 is 0. The van der Waals surface area contributed by atoms with Crippen molar-refractivity contribution in [2.75, 3.05) is 39.3 Å². The summed E-state index contributed by atoms with van der Waals surface area (Å²) in [6.45, 7) is 6.66. The van der Waals surface area contributed by atoms with Crippen LogP contribution in [0.4, 0.5) is 4.79 Å². The van der Waals surface area contributed by atoms with Crippen molar-refractivity contribution in [3.8, 4) is 0 Å². The first-order valence-electron chi connectivity index (χ1n) is 8.04. The van der Waals surface area contributed by atoms with Crippen molar-refractivity contribution in [3.05, 3.63) is 35.9 Å². The highest BCUT2D eigenvalue weighted by molar-refractivity contribution is 5.96. The van der Waals surface area contributed by atoms with Gasteiger partial charge in [-0.05, 0) is 6.42 Å². The fourth-order valence-corrected chi connectivity index (χ4v) is 2.55. The second-order valence-corrected chi connectivity index (χ2v) is 5.60. The van der Waals surface area contributed by atoms with Crippen LogP contribution >= 0.6 is 0 Å². The van der Waals surface area contributed by atoms with Gasteiger partial charge in [-0.1, -0.05) is 37.3 Å². The van der Waals surface area contributed by atoms with Crippen LogP contribution in [0.3, 0.4) is 0 Å². The van der Waals surface area contributed by atoms with Gasteiger partial charge in [0.15, 0.2) is 5.78 Å². The van der Waals surface area contributed by atoms with Crippen molar-refractivity contribution in [1.82, 2.24) is 15.1 Å². The van der Waals surface area contributed by atoms with Crippen molar-refractivity contribution in [3.63, 3.8) is 0 Å². The SMILES string of the molecule is CCCNC(=O)N1CCN(CCC(=O)c2ccccc2)CC1. The molecule has 2 rings (SSSR count). The first-order chi connectivity index (χ1) is 10.7. The highest BCUT2D eigenvalue weighted by Crippen LogP contribution is 2.07. The van der Waals surface area contributed by atoms with Gasteiger partial charge in [0.1, 0.15) is 0 Å². The van der Waals surface area contributed by atoms with E-state index in [4.69, 9.17) is 0 Å². The molecule has 0 saturated carbocycles. The Bertz CT molecular complexity index is 482. The smallest absolute Gasteiger partial charge is 0.317 e. The molecule has 1 fully saturated rings. The average Bonchev–Trinajstić information content (AvgIpc) is 2.58. The highest BCUT2D eigenvalue weighted by atomic mass is 16.2. The molecule has 5 nitrogen and oxygen atoms in total. The number of carbonyl (C=O) groups is 2. The van der Waals surface area contributed by atoms with Crippen LogP contribution in [0.2, 0.25) is 0 Å². The normalized spacial score (nSPS) is 15.6. The van der Waals surface area contributed by atoms with Crippen molar-refractivity contribution in [1.29, 1.82) is 0 Å². The molecular weight excluding hydrogens is 278 g/mol. The molecule has 1 aliphatic heterocycles. The lowest BCUT2D eigenvalue weighted by atomic mass is 10.1. The molecule has 0 atom stereocenters. The largest absolute Gasteiger partial charge is 0.338 e. The van der Waals surface area contributed by atoms with Gasteiger partial charge >= 0.3 is 6.03 Å². The lowest BCUT2D eigenvalue weighted by Crippen LogP contribution is -2.52. The van der Waals surface area contributed by atoms with Gasteiger partial charge in [0.25, 0.3) is 0 Å². The number of urea groups is 1. The Morgan fingerprint density at radius 3 is 2.41 bits per heavy atom. The number of ketones is 1. The second-order valence-electron chi connectivity index (χ2n) is 5.60. The van der Waals surface area contributed by atoms with Crippen molar-refractivity contribution < 1.29 is 9.59 Å². The minimum absolute atomic E-state index is 0.0295. The molecule has 1 heterocycles. The van der Waals surface area contributed by atoms with Crippen molar-refractivity contribution >= 4 is 11.8 Å². The molecule has 0 aliphatic carbocycles. The van der Waals surface area contributed by atoms with Gasteiger partial charge in [0.05, 0.1) is 0 Å². The van der Waals surface area contributed by atoms with E-state index in [1.165, 1.54) is 0 Å². The van der Waals surface area contributed by atoms with Gasteiger partial charge < -0.3 is 10.2 Å². The summed E-state index contributed by atoms with van der Waals surface area (Å²) in [5, 5.41) is 2.90. The van der Waals surface area contributed by atoms with Crippen LogP contribution in [0.1, 0.15) is 30.1 Å². The monoisotopic (exact) mass is 303 g/mol. The van der Waals surface area contributed by atoms with Crippen LogP contribution in [-0.2, 0) is 0 Å². The van der Waals surface area contributed by atoms with Crippen molar-refractivity contribution in [2.45, 2.75) is 19.8 Å². The number of amides is 2. The topological polar surface area (TPSA) is 52.7 Å². The minimum atomic E-state index is 0.0295. The molecule has 5 heteroatoms. The van der Waals surface area contributed by atoms with Crippen molar-refractivity contribution in [2.24, 2.45) is 0 Å². The lowest BCUT2D eigenvalue weighted by molar-refractivity contribution is 0.0939. The zero-order valence-corrected chi connectivity index (χ0v) is 13.3. The zero-order chi connectivity index (χ0) is 15.8. The Balaban J connectivity index is 1.69. The lowest BCUT2D eigenvalue weighted by Gasteiger charge is -2.34. The summed E-state index contributed by atoms with van der Waals surface area (Å²) in [7, 11) is 0. The molecule has 1 aliphatic rings. The molecule has 1 aromatic carbocycles. The first-order valence-corrected chi connectivity index (χ1v) is 8.04. The van der Waals surface area contributed by atoms with Gasteiger partial charge in [-0.15, -0.1) is 0 Å². The van der Waals surface area contributed by atoms with E-state index in [0.717, 1.165) is 51.3 Å². The van der Waals surface area contributed by atoms with E-state index in [9.17, 15) is 9.59 Å². The van der Waals surface area contributed by atoms with E-state index in [1.807, 2.05) is 42.2 Å². The van der Waals surface area contributed by atoms with Gasteiger partial charge in [-0.2, -0.15) is 0 Å². The maximum absolute atomic E-state index is 12.1. The third kappa shape index (κ3) is 4.84. The molecule has 0 aromatic heterocycles. The van der Waals surface area contributed by atoms with E-state index in [1.54, 1.807) is 0 Å². The van der Waals surface area contributed by atoms with Crippen LogP contribution in [0.15, 0.2) is 30.3 Å². The molecule has 0 bridgehead atoms. The Hall–Kier alpha value is -1.88. The third-order valence-electron chi connectivity index (χ3n) is 3.94. The van der Waals surface area contributed by atoms with Crippen LogP contribution in [0.5, 0.6) is 0 Å². The minimum Gasteiger partial charge on any atom is -0.338 e. The van der Waals surface area contributed by atoms with Crippen LogP contribution in [0, 0.1) is 0 Å². The van der Waals surface area contributed by atoms with Crippen LogP contribution in [0.25, 0.3) is 0 Å². The van der Waals surface area contributed by atoms with E-state index in [2.05, 4.69) is 10.2 Å². The molecule has 0 unspecified atom stereocenters. The predicted octanol–water partition coefficient (Wildman–Crippen LogP) is 2.00. The number of nitrogens with one attached hydrogen (secondary N) is 1. The number of carbonyl (C=O) groups excluding carboxylic acids is 2. The van der Waals surface area contributed by atoms with Crippen LogP contribution in [-0.4, -0.2) is 60.9 Å². The van der Waals surface area contributed by atoms with E-state index < -0.39 is 0 Å². The average molecular weight is 303 g/mol. The van der Waals surface area contributed by atoms with Gasteiger partial charge in [0.2, 0.25) is 0 Å². The predicted molar refractivity (Wildman–Crippen MR) is 87.1 cm³/mol. The number of benzene rings is 1. The fraction of sp³-hybridized carbons (Fsp3) is 0.529. The second kappa shape index (κ2) is 8.54. The summed E-state index contributed by atoms with van der Waals surface area (Å²) in [6.07, 6.45) is 1.49. The number of piperazine rings is 1. The number of hydrogen-bond acceptors (Lipinski definition) is 3. The molecule has 2 amide bonds. The molecule has 120 valence electrons. The molecule has 1 N–H and O–H groups in total. The van der Waals surface area contributed by atoms with E-state index in [0.29, 0.717) is 6.42 Å². The summed E-state index contributed by atoms with van der Waals surface area (Å²) in [4.78, 5) is 28.0. The summed E-state index contributed by atoms with van der Waals surface area (Å²) in [5.41, 5.74) is 0.778. The molecule has 22 heavy (non-hydrogen) atoms. The van der Waals surface area contributed by atoms with Gasteiger partial charge in [-0.3, -0.25) is 9.69 Å². The molecule has 0 radical (unpaired) electrons. The Kier molecular flexibility index (Phi) is 6.40. The highest BCUT2D eigenvalue weighted by Gasteiger charge is 2.21. The Labute approximate surface area is 132 Å². The molecular formula is C17H25N3O2. The Morgan fingerprint density at radius 1 is 1.09 bits per heavy atom. The first kappa shape index (κ1) is 16.5. The number of Topliss-reactive ketones (excluding diaryl/α,β-unsaturated/α-hetero) is 1. The third-order valence-corrected chi connectivity index (χ3v) is 3.94. The zero-order valence-electron chi connectivity index (χ0n) is 13.3. The van der Waals surface area contributed by atoms with E-state index >= 15 is 0 Å².